The van der Waals surface area contributed by atoms with Gasteiger partial charge >= 0.3 is 0 Å². The van der Waals surface area contributed by atoms with Crippen LogP contribution in [0.4, 0.5) is 0 Å². The number of unbranched alkanes of at least 4 members (excludes halogenated alkanes) is 2. The molecule has 0 spiro atoms. The third-order valence-electron chi connectivity index (χ3n) is 5.92. The zero-order valence-electron chi connectivity index (χ0n) is 17.3. The maximum atomic E-state index is 11.7. The maximum absolute atomic E-state index is 11.7. The molecule has 2 rings (SSSR count). The van der Waals surface area contributed by atoms with Gasteiger partial charge in [-0.3, -0.25) is 9.79 Å². The number of rotatable bonds is 11. The van der Waals surface area contributed by atoms with Gasteiger partial charge in [-0.2, -0.15) is 0 Å². The Labute approximate surface area is 174 Å². The summed E-state index contributed by atoms with van der Waals surface area (Å²) < 4.78 is 0. The lowest BCUT2D eigenvalue weighted by atomic mass is 9.82. The standard InChI is InChI=1S/C23H35NO3S/c1-4-7-8-11-18(25)13-14-19-20-15-17(10-9-12-22(27)28-6-3)24-23(20,5-2)16-21(19)26/h2,13-14,18-21,25-26H,4,6-12,15-16H2,1,3H3/b14-13+/t18-,19?,20?,21?,23?/m0/s1. The van der Waals surface area contributed by atoms with E-state index in [2.05, 4.69) is 12.8 Å². The molecule has 5 atom stereocenters. The third kappa shape index (κ3) is 5.95. The van der Waals surface area contributed by atoms with E-state index < -0.39 is 17.7 Å². The molecule has 0 saturated heterocycles. The first-order chi connectivity index (χ1) is 13.5. The average Bonchev–Trinajstić information content (AvgIpc) is 3.12. The van der Waals surface area contributed by atoms with E-state index in [1.54, 1.807) is 0 Å². The minimum Gasteiger partial charge on any atom is -0.392 e. The third-order valence-corrected chi connectivity index (χ3v) is 6.73. The van der Waals surface area contributed by atoms with Crippen molar-refractivity contribution in [3.05, 3.63) is 12.2 Å². The number of thioether (sulfide) groups is 1. The first-order valence-corrected chi connectivity index (χ1v) is 11.7. The number of aliphatic imine (C=N–C) groups is 1. The van der Waals surface area contributed by atoms with E-state index in [4.69, 9.17) is 11.4 Å². The molecule has 1 saturated carbocycles. The number of hydrogen-bond donors (Lipinski definition) is 2. The van der Waals surface area contributed by atoms with E-state index in [0.29, 0.717) is 12.8 Å². The predicted octanol–water partition coefficient (Wildman–Crippen LogP) is 4.15. The fourth-order valence-electron chi connectivity index (χ4n) is 4.45. The van der Waals surface area contributed by atoms with Gasteiger partial charge in [0, 0.05) is 30.4 Å². The van der Waals surface area contributed by atoms with Crippen molar-refractivity contribution in [2.45, 2.75) is 89.4 Å². The molecule has 0 bridgehead atoms. The van der Waals surface area contributed by atoms with Crippen molar-refractivity contribution < 1.29 is 15.0 Å². The van der Waals surface area contributed by atoms with Crippen molar-refractivity contribution in [3.63, 3.8) is 0 Å². The molecule has 0 aromatic rings. The van der Waals surface area contributed by atoms with Crippen molar-refractivity contribution in [2.75, 3.05) is 5.75 Å². The summed E-state index contributed by atoms with van der Waals surface area (Å²) in [5, 5.41) is 21.0. The molecule has 1 fully saturated rings. The second-order valence-corrected chi connectivity index (χ2v) is 9.33. The highest BCUT2D eigenvalue weighted by Crippen LogP contribution is 2.49. The fourth-order valence-corrected chi connectivity index (χ4v) is 5.06. The van der Waals surface area contributed by atoms with Crippen LogP contribution in [0.5, 0.6) is 0 Å². The number of carbonyl (C=O) groups excluding carboxylic acids is 1. The Bertz CT molecular complexity index is 624. The lowest BCUT2D eigenvalue weighted by molar-refractivity contribution is -0.111. The Morgan fingerprint density at radius 2 is 2.21 bits per heavy atom. The number of aliphatic hydroxyl groups is 2. The molecule has 5 heteroatoms. The highest BCUT2D eigenvalue weighted by atomic mass is 32.2. The molecule has 1 heterocycles. The van der Waals surface area contributed by atoms with Crippen LogP contribution >= 0.6 is 11.8 Å². The summed E-state index contributed by atoms with van der Waals surface area (Å²) in [5.41, 5.74) is 0.449. The van der Waals surface area contributed by atoms with Crippen molar-refractivity contribution in [1.82, 2.24) is 0 Å². The monoisotopic (exact) mass is 405 g/mol. The Morgan fingerprint density at radius 1 is 1.43 bits per heavy atom. The van der Waals surface area contributed by atoms with Gasteiger partial charge in [0.15, 0.2) is 5.12 Å². The summed E-state index contributed by atoms with van der Waals surface area (Å²) in [7, 11) is 0. The van der Waals surface area contributed by atoms with Gasteiger partial charge in [0.05, 0.1) is 12.2 Å². The Morgan fingerprint density at radius 3 is 2.89 bits per heavy atom. The number of terminal acetylenes is 1. The van der Waals surface area contributed by atoms with Gasteiger partial charge in [-0.05, 0) is 31.4 Å². The number of carbonyl (C=O) groups is 1. The topological polar surface area (TPSA) is 69.9 Å². The average molecular weight is 406 g/mol. The van der Waals surface area contributed by atoms with E-state index in [0.717, 1.165) is 56.4 Å². The minimum absolute atomic E-state index is 0.0737. The van der Waals surface area contributed by atoms with Crippen LogP contribution in [-0.4, -0.2) is 44.5 Å². The van der Waals surface area contributed by atoms with E-state index in [1.807, 2.05) is 19.1 Å². The summed E-state index contributed by atoms with van der Waals surface area (Å²) in [6.07, 6.45) is 16.1. The highest BCUT2D eigenvalue weighted by Gasteiger charge is 2.54. The van der Waals surface area contributed by atoms with Crippen LogP contribution in [-0.2, 0) is 4.79 Å². The SMILES string of the molecule is C#CC12CC(O)C(/C=C/[C@@H](O)CCCCC)C1CC(CCCC(=O)SCC)=N2. The molecule has 4 nitrogen and oxygen atoms in total. The van der Waals surface area contributed by atoms with Crippen LogP contribution in [0.25, 0.3) is 0 Å². The normalized spacial score (nSPS) is 30.2. The Balaban J connectivity index is 1.95. The molecule has 0 radical (unpaired) electrons. The van der Waals surface area contributed by atoms with Crippen LogP contribution in [0.15, 0.2) is 17.1 Å². The van der Waals surface area contributed by atoms with E-state index >= 15 is 0 Å². The second kappa shape index (κ2) is 11.2. The second-order valence-electron chi connectivity index (χ2n) is 8.01. The van der Waals surface area contributed by atoms with Crippen LogP contribution in [0.3, 0.4) is 0 Å². The minimum atomic E-state index is -0.626. The van der Waals surface area contributed by atoms with Gasteiger partial charge in [-0.1, -0.05) is 62.9 Å². The first kappa shape index (κ1) is 23.2. The van der Waals surface area contributed by atoms with Crippen molar-refractivity contribution in [2.24, 2.45) is 16.8 Å². The van der Waals surface area contributed by atoms with Gasteiger partial charge in [-0.25, -0.2) is 0 Å². The quantitative estimate of drug-likeness (QED) is 0.308. The van der Waals surface area contributed by atoms with Crippen molar-refractivity contribution >= 4 is 22.6 Å². The van der Waals surface area contributed by atoms with Crippen molar-refractivity contribution in [3.8, 4) is 12.3 Å². The zero-order valence-corrected chi connectivity index (χ0v) is 18.1. The molecule has 4 unspecified atom stereocenters. The smallest absolute Gasteiger partial charge is 0.188 e. The van der Waals surface area contributed by atoms with Gasteiger partial charge in [0.1, 0.15) is 5.54 Å². The molecule has 0 aromatic carbocycles. The summed E-state index contributed by atoms with van der Waals surface area (Å²) >= 11 is 1.37. The molecule has 156 valence electrons. The zero-order chi connectivity index (χ0) is 20.6. The molecule has 2 aliphatic rings. The molecule has 0 aromatic heterocycles. The predicted molar refractivity (Wildman–Crippen MR) is 117 cm³/mol. The van der Waals surface area contributed by atoms with Crippen LogP contribution in [0.1, 0.15) is 71.6 Å². The van der Waals surface area contributed by atoms with E-state index in [-0.39, 0.29) is 17.0 Å². The first-order valence-electron chi connectivity index (χ1n) is 10.7. The Hall–Kier alpha value is -1.09. The number of hydrogen-bond acceptors (Lipinski definition) is 5. The van der Waals surface area contributed by atoms with Gasteiger partial charge < -0.3 is 10.2 Å². The van der Waals surface area contributed by atoms with E-state index in [9.17, 15) is 15.0 Å². The largest absolute Gasteiger partial charge is 0.392 e. The number of aliphatic hydroxyl groups excluding tert-OH is 2. The summed E-state index contributed by atoms with van der Waals surface area (Å²) in [6, 6.07) is 0. The summed E-state index contributed by atoms with van der Waals surface area (Å²) in [6.45, 7) is 4.13. The number of fused-ring (bicyclic) bond motifs is 1. The maximum Gasteiger partial charge on any atom is 0.188 e. The molecule has 0 amide bonds. The summed E-state index contributed by atoms with van der Waals surface area (Å²) in [4.78, 5) is 16.5. The summed E-state index contributed by atoms with van der Waals surface area (Å²) in [5.74, 6) is 3.69. The molecular weight excluding hydrogens is 370 g/mol. The lowest BCUT2D eigenvalue weighted by Gasteiger charge is -2.22. The molecule has 1 aliphatic carbocycles. The van der Waals surface area contributed by atoms with Gasteiger partial charge in [0.2, 0.25) is 0 Å². The van der Waals surface area contributed by atoms with Gasteiger partial charge in [0.25, 0.3) is 0 Å². The van der Waals surface area contributed by atoms with Gasteiger partial charge in [-0.15, -0.1) is 6.42 Å². The molecule has 1 aliphatic heterocycles. The van der Waals surface area contributed by atoms with Crippen LogP contribution in [0, 0.1) is 24.2 Å². The van der Waals surface area contributed by atoms with Crippen LogP contribution < -0.4 is 0 Å². The van der Waals surface area contributed by atoms with Crippen molar-refractivity contribution in [1.29, 1.82) is 0 Å². The lowest BCUT2D eigenvalue weighted by Crippen LogP contribution is -2.27. The molecular formula is C23H35NO3S. The Kier molecular flexibility index (Phi) is 9.27. The fraction of sp³-hybridized carbons (Fsp3) is 0.739. The molecule has 2 N–H and O–H groups in total. The highest BCUT2D eigenvalue weighted by molar-refractivity contribution is 8.13. The van der Waals surface area contributed by atoms with Crippen LogP contribution in [0.2, 0.25) is 0 Å². The number of nitrogens with zero attached hydrogens (tertiary/aromatic N) is 1. The van der Waals surface area contributed by atoms with E-state index in [1.165, 1.54) is 11.8 Å². The molecule has 28 heavy (non-hydrogen) atoms.